The van der Waals surface area contributed by atoms with E-state index in [4.69, 9.17) is 5.73 Å². The minimum atomic E-state index is -0.278. The summed E-state index contributed by atoms with van der Waals surface area (Å²) < 4.78 is 6.30. The van der Waals surface area contributed by atoms with Crippen molar-refractivity contribution in [3.8, 4) is 0 Å². The van der Waals surface area contributed by atoms with Crippen LogP contribution in [0.15, 0.2) is 6.20 Å². The van der Waals surface area contributed by atoms with Gasteiger partial charge in [-0.15, -0.1) is 0 Å². The highest BCUT2D eigenvalue weighted by molar-refractivity contribution is 5.69. The Morgan fingerprint density at radius 1 is 1.80 bits per heavy atom. The maximum atomic E-state index is 11.1. The molecule has 0 bridgehead atoms. The Balaban J connectivity index is 2.23. The van der Waals surface area contributed by atoms with E-state index in [-0.39, 0.29) is 18.6 Å². The molecule has 5 nitrogen and oxygen atoms in total. The van der Waals surface area contributed by atoms with Gasteiger partial charge in [-0.2, -0.15) is 5.10 Å². The van der Waals surface area contributed by atoms with Crippen LogP contribution in [-0.4, -0.2) is 22.9 Å². The van der Waals surface area contributed by atoms with Crippen molar-refractivity contribution in [1.82, 2.24) is 9.78 Å². The van der Waals surface area contributed by atoms with Crippen LogP contribution in [0.25, 0.3) is 0 Å². The molecule has 5 heteroatoms. The number of ether oxygens (including phenoxy) is 1. The van der Waals surface area contributed by atoms with Gasteiger partial charge in [0.2, 0.25) is 0 Å². The minimum absolute atomic E-state index is 0.0696. The monoisotopic (exact) mass is 209 g/mol. The first kappa shape index (κ1) is 10.2. The molecule has 0 saturated heterocycles. The van der Waals surface area contributed by atoms with Crippen LogP contribution in [0.1, 0.15) is 30.1 Å². The van der Waals surface area contributed by atoms with Crippen molar-refractivity contribution < 1.29 is 9.53 Å². The highest BCUT2D eigenvalue weighted by Gasteiger charge is 2.22. The summed E-state index contributed by atoms with van der Waals surface area (Å²) in [5.74, 6) is -0.278. The van der Waals surface area contributed by atoms with Gasteiger partial charge in [-0.1, -0.05) is 0 Å². The molecule has 0 saturated carbocycles. The molecule has 1 atom stereocenters. The van der Waals surface area contributed by atoms with E-state index in [0.29, 0.717) is 0 Å². The topological polar surface area (TPSA) is 70.1 Å². The summed E-state index contributed by atoms with van der Waals surface area (Å²) in [6, 6.07) is 0.0696. The summed E-state index contributed by atoms with van der Waals surface area (Å²) >= 11 is 0. The Labute approximate surface area is 88.2 Å². The smallest absolute Gasteiger partial charge is 0.327 e. The van der Waals surface area contributed by atoms with E-state index in [9.17, 15) is 4.79 Å². The van der Waals surface area contributed by atoms with E-state index < -0.39 is 0 Å². The lowest BCUT2D eigenvalue weighted by Gasteiger charge is -2.19. The van der Waals surface area contributed by atoms with E-state index in [2.05, 4.69) is 9.84 Å². The summed E-state index contributed by atoms with van der Waals surface area (Å²) in [5.41, 5.74) is 8.11. The zero-order chi connectivity index (χ0) is 10.8. The molecule has 1 aliphatic carbocycles. The van der Waals surface area contributed by atoms with Gasteiger partial charge in [0.1, 0.15) is 6.54 Å². The van der Waals surface area contributed by atoms with Crippen LogP contribution in [0.2, 0.25) is 0 Å². The van der Waals surface area contributed by atoms with Crippen LogP contribution < -0.4 is 5.73 Å². The Kier molecular flexibility index (Phi) is 2.73. The molecule has 15 heavy (non-hydrogen) atoms. The van der Waals surface area contributed by atoms with Gasteiger partial charge < -0.3 is 10.5 Å². The number of esters is 1. The van der Waals surface area contributed by atoms with Crippen molar-refractivity contribution in [2.75, 3.05) is 7.11 Å². The number of hydrogen-bond acceptors (Lipinski definition) is 4. The molecular formula is C10H15N3O2. The molecule has 1 aromatic heterocycles. The van der Waals surface area contributed by atoms with Crippen molar-refractivity contribution >= 4 is 5.97 Å². The molecule has 2 rings (SSSR count). The molecule has 0 aliphatic heterocycles. The molecule has 1 heterocycles. The van der Waals surface area contributed by atoms with Crippen LogP contribution in [-0.2, 0) is 22.5 Å². The summed E-state index contributed by atoms with van der Waals surface area (Å²) in [6.07, 6.45) is 4.76. The SMILES string of the molecule is COC(=O)Cn1ncc2c1CCCC2N. The standard InChI is InChI=1S/C10H15N3O2/c1-15-10(14)6-13-9-4-2-3-8(11)7(9)5-12-13/h5,8H,2-4,6,11H2,1H3. The van der Waals surface area contributed by atoms with Crippen molar-refractivity contribution in [2.24, 2.45) is 5.73 Å². The first-order valence-electron chi connectivity index (χ1n) is 5.09. The van der Waals surface area contributed by atoms with E-state index in [0.717, 1.165) is 30.5 Å². The Morgan fingerprint density at radius 3 is 3.33 bits per heavy atom. The molecule has 82 valence electrons. The van der Waals surface area contributed by atoms with Crippen molar-refractivity contribution in [1.29, 1.82) is 0 Å². The minimum Gasteiger partial charge on any atom is -0.468 e. The van der Waals surface area contributed by atoms with Crippen molar-refractivity contribution in [3.63, 3.8) is 0 Å². The van der Waals surface area contributed by atoms with E-state index in [1.165, 1.54) is 7.11 Å². The quantitative estimate of drug-likeness (QED) is 0.715. The van der Waals surface area contributed by atoms with Gasteiger partial charge in [0.25, 0.3) is 0 Å². The number of methoxy groups -OCH3 is 1. The second-order valence-corrected chi connectivity index (χ2v) is 3.78. The first-order valence-corrected chi connectivity index (χ1v) is 5.09. The normalized spacial score (nSPS) is 19.7. The number of rotatable bonds is 2. The lowest BCUT2D eigenvalue weighted by Crippen LogP contribution is -2.20. The summed E-state index contributed by atoms with van der Waals surface area (Å²) in [6.45, 7) is 0.179. The molecule has 0 radical (unpaired) electrons. The summed E-state index contributed by atoms with van der Waals surface area (Å²) in [4.78, 5) is 11.1. The molecule has 0 amide bonds. The van der Waals surface area contributed by atoms with E-state index >= 15 is 0 Å². The number of aromatic nitrogens is 2. The second kappa shape index (κ2) is 4.02. The van der Waals surface area contributed by atoms with Crippen LogP contribution in [0.5, 0.6) is 0 Å². The molecular weight excluding hydrogens is 194 g/mol. The van der Waals surface area contributed by atoms with Crippen LogP contribution >= 0.6 is 0 Å². The van der Waals surface area contributed by atoms with Gasteiger partial charge in [-0.3, -0.25) is 9.48 Å². The second-order valence-electron chi connectivity index (χ2n) is 3.78. The van der Waals surface area contributed by atoms with E-state index in [1.54, 1.807) is 10.9 Å². The largest absolute Gasteiger partial charge is 0.468 e. The summed E-state index contributed by atoms with van der Waals surface area (Å²) in [5, 5.41) is 4.17. The number of nitrogens with two attached hydrogens (primary N) is 1. The maximum absolute atomic E-state index is 11.1. The number of hydrogen-bond donors (Lipinski definition) is 1. The van der Waals surface area contributed by atoms with E-state index in [1.807, 2.05) is 0 Å². The van der Waals surface area contributed by atoms with Crippen LogP contribution in [0.4, 0.5) is 0 Å². The van der Waals surface area contributed by atoms with Crippen LogP contribution in [0, 0.1) is 0 Å². The van der Waals surface area contributed by atoms with Crippen LogP contribution in [0.3, 0.4) is 0 Å². The van der Waals surface area contributed by atoms with Gasteiger partial charge in [-0.25, -0.2) is 0 Å². The molecule has 0 spiro atoms. The van der Waals surface area contributed by atoms with Crippen molar-refractivity contribution in [2.45, 2.75) is 31.8 Å². The van der Waals surface area contributed by atoms with Gasteiger partial charge in [0.15, 0.2) is 0 Å². The Morgan fingerprint density at radius 2 is 2.60 bits per heavy atom. The first-order chi connectivity index (χ1) is 7.22. The molecule has 1 aliphatic rings. The molecule has 1 unspecified atom stereocenters. The fourth-order valence-corrected chi connectivity index (χ4v) is 1.98. The fourth-order valence-electron chi connectivity index (χ4n) is 1.98. The third-order valence-electron chi connectivity index (χ3n) is 2.82. The van der Waals surface area contributed by atoms with Crippen molar-refractivity contribution in [3.05, 3.63) is 17.5 Å². The molecule has 0 aromatic carbocycles. The molecule has 0 fully saturated rings. The maximum Gasteiger partial charge on any atom is 0.327 e. The fraction of sp³-hybridized carbons (Fsp3) is 0.600. The third kappa shape index (κ3) is 1.87. The number of fused-ring (bicyclic) bond motifs is 1. The highest BCUT2D eigenvalue weighted by atomic mass is 16.5. The average Bonchev–Trinajstić information content (AvgIpc) is 2.63. The lowest BCUT2D eigenvalue weighted by atomic mass is 9.94. The predicted octanol–water partition coefficient (Wildman–Crippen LogP) is 0.392. The zero-order valence-corrected chi connectivity index (χ0v) is 8.77. The summed E-state index contributed by atoms with van der Waals surface area (Å²) in [7, 11) is 1.38. The number of carbonyl (C=O) groups excluding carboxylic acids is 1. The molecule has 1 aromatic rings. The van der Waals surface area contributed by atoms with Gasteiger partial charge >= 0.3 is 5.97 Å². The average molecular weight is 209 g/mol. The predicted molar refractivity (Wildman–Crippen MR) is 54.1 cm³/mol. The Hall–Kier alpha value is -1.36. The zero-order valence-electron chi connectivity index (χ0n) is 8.77. The molecule has 2 N–H and O–H groups in total. The Bertz CT molecular complexity index is 373. The van der Waals surface area contributed by atoms with Gasteiger partial charge in [0.05, 0.1) is 13.3 Å². The number of nitrogens with zero attached hydrogens (tertiary/aromatic N) is 2. The third-order valence-corrected chi connectivity index (χ3v) is 2.82. The van der Waals surface area contributed by atoms with Gasteiger partial charge in [0, 0.05) is 17.3 Å². The number of carbonyl (C=O) groups is 1. The lowest BCUT2D eigenvalue weighted by molar-refractivity contribution is -0.141. The van der Waals surface area contributed by atoms with Gasteiger partial charge in [-0.05, 0) is 19.3 Å². The highest BCUT2D eigenvalue weighted by Crippen LogP contribution is 2.27.